The van der Waals surface area contributed by atoms with Gasteiger partial charge in [-0.15, -0.1) is 0 Å². The van der Waals surface area contributed by atoms with Gasteiger partial charge >= 0.3 is 0 Å². The van der Waals surface area contributed by atoms with Crippen LogP contribution in [0.2, 0.25) is 0 Å². The Hall–Kier alpha value is -0.0800. The van der Waals surface area contributed by atoms with Gasteiger partial charge in [0.1, 0.15) is 0 Å². The molecule has 1 rings (SSSR count). The Labute approximate surface area is 108 Å². The smallest absolute Gasteiger partial charge is 0.0655 e. The average molecular weight is 241 g/mol. The molecule has 102 valence electrons. The van der Waals surface area contributed by atoms with Gasteiger partial charge in [-0.25, -0.2) is 0 Å². The highest BCUT2D eigenvalue weighted by molar-refractivity contribution is 5.03. The van der Waals surface area contributed by atoms with Crippen LogP contribution in [0.4, 0.5) is 0 Å². The fourth-order valence-electron chi connectivity index (χ4n) is 3.10. The van der Waals surface area contributed by atoms with Crippen LogP contribution in [0.1, 0.15) is 60.8 Å². The van der Waals surface area contributed by atoms with Gasteiger partial charge in [-0.3, -0.25) is 0 Å². The Morgan fingerprint density at radius 3 is 2.24 bits per heavy atom. The van der Waals surface area contributed by atoms with Crippen LogP contribution in [0, 0.1) is 11.3 Å². The van der Waals surface area contributed by atoms with Crippen molar-refractivity contribution in [2.75, 3.05) is 6.61 Å². The Morgan fingerprint density at radius 2 is 1.82 bits per heavy atom. The van der Waals surface area contributed by atoms with Crippen molar-refractivity contribution in [3.05, 3.63) is 0 Å². The van der Waals surface area contributed by atoms with Gasteiger partial charge in [0.15, 0.2) is 0 Å². The van der Waals surface area contributed by atoms with Crippen molar-refractivity contribution < 1.29 is 4.74 Å². The third kappa shape index (κ3) is 3.23. The second kappa shape index (κ2) is 6.19. The fourth-order valence-corrected chi connectivity index (χ4v) is 3.10. The molecular weight excluding hydrogens is 210 g/mol. The molecule has 0 aromatic rings. The van der Waals surface area contributed by atoms with Crippen LogP contribution in [0.15, 0.2) is 0 Å². The number of nitrogens with one attached hydrogen (secondary N) is 1. The van der Waals surface area contributed by atoms with E-state index < -0.39 is 0 Å². The van der Waals surface area contributed by atoms with Gasteiger partial charge < -0.3 is 10.1 Å². The summed E-state index contributed by atoms with van der Waals surface area (Å²) in [5.74, 6) is 0.803. The molecule has 2 nitrogen and oxygen atoms in total. The van der Waals surface area contributed by atoms with Crippen LogP contribution in [0.3, 0.4) is 0 Å². The number of ether oxygens (including phenoxy) is 1. The Morgan fingerprint density at radius 1 is 1.24 bits per heavy atom. The van der Waals surface area contributed by atoms with Crippen LogP contribution in [0.25, 0.3) is 0 Å². The van der Waals surface area contributed by atoms with E-state index >= 15 is 0 Å². The first-order valence-electron chi connectivity index (χ1n) is 7.34. The number of hydrogen-bond donors (Lipinski definition) is 1. The van der Waals surface area contributed by atoms with Gasteiger partial charge in [0.25, 0.3) is 0 Å². The standard InChI is InChI=1S/C15H31NO/c1-7-12(8-2)11(4)16-13-10-14(17-9-3)15(13,5)6/h11-14,16H,7-10H2,1-6H3. The summed E-state index contributed by atoms with van der Waals surface area (Å²) in [5.41, 5.74) is 0.288. The van der Waals surface area contributed by atoms with E-state index in [0.717, 1.165) is 12.5 Å². The molecule has 1 fully saturated rings. The summed E-state index contributed by atoms with van der Waals surface area (Å²) in [6.45, 7) is 14.5. The third-order valence-electron chi connectivity index (χ3n) is 4.77. The van der Waals surface area contributed by atoms with Crippen molar-refractivity contribution in [2.45, 2.75) is 79.0 Å². The molecule has 1 aliphatic carbocycles. The normalized spacial score (nSPS) is 29.1. The van der Waals surface area contributed by atoms with E-state index in [1.54, 1.807) is 0 Å². The SMILES string of the molecule is CCOC1CC(NC(C)C(CC)CC)C1(C)C. The van der Waals surface area contributed by atoms with Crippen molar-refractivity contribution in [3.8, 4) is 0 Å². The summed E-state index contributed by atoms with van der Waals surface area (Å²) in [7, 11) is 0. The molecule has 0 radical (unpaired) electrons. The number of rotatable bonds is 7. The summed E-state index contributed by atoms with van der Waals surface area (Å²) < 4.78 is 5.78. The largest absolute Gasteiger partial charge is 0.378 e. The van der Waals surface area contributed by atoms with Crippen molar-refractivity contribution >= 4 is 0 Å². The lowest BCUT2D eigenvalue weighted by Crippen LogP contribution is -2.63. The minimum atomic E-state index is 0.288. The van der Waals surface area contributed by atoms with Crippen molar-refractivity contribution in [3.63, 3.8) is 0 Å². The predicted molar refractivity (Wildman–Crippen MR) is 74.3 cm³/mol. The van der Waals surface area contributed by atoms with E-state index in [1.165, 1.54) is 19.3 Å². The van der Waals surface area contributed by atoms with Crippen molar-refractivity contribution in [1.29, 1.82) is 0 Å². The van der Waals surface area contributed by atoms with Crippen molar-refractivity contribution in [2.24, 2.45) is 11.3 Å². The molecule has 1 N–H and O–H groups in total. The van der Waals surface area contributed by atoms with Crippen LogP contribution in [0.5, 0.6) is 0 Å². The van der Waals surface area contributed by atoms with Gasteiger partial charge in [-0.2, -0.15) is 0 Å². The monoisotopic (exact) mass is 241 g/mol. The molecule has 0 bridgehead atoms. The molecule has 0 heterocycles. The predicted octanol–water partition coefficient (Wildman–Crippen LogP) is 3.60. The minimum Gasteiger partial charge on any atom is -0.378 e. The Balaban J connectivity index is 2.44. The zero-order valence-corrected chi connectivity index (χ0v) is 12.5. The molecule has 2 heteroatoms. The van der Waals surface area contributed by atoms with E-state index in [1.807, 2.05) is 0 Å². The van der Waals surface area contributed by atoms with Crippen LogP contribution in [-0.2, 0) is 4.74 Å². The van der Waals surface area contributed by atoms with Gasteiger partial charge in [-0.1, -0.05) is 40.5 Å². The van der Waals surface area contributed by atoms with E-state index in [4.69, 9.17) is 4.74 Å². The lowest BCUT2D eigenvalue weighted by Gasteiger charge is -2.53. The van der Waals surface area contributed by atoms with Crippen LogP contribution < -0.4 is 5.32 Å². The summed E-state index contributed by atoms with van der Waals surface area (Å²) >= 11 is 0. The van der Waals surface area contributed by atoms with Crippen molar-refractivity contribution in [1.82, 2.24) is 5.32 Å². The molecule has 0 aliphatic heterocycles. The zero-order chi connectivity index (χ0) is 13.1. The molecule has 3 atom stereocenters. The van der Waals surface area contributed by atoms with E-state index in [0.29, 0.717) is 18.2 Å². The molecule has 1 aliphatic rings. The summed E-state index contributed by atoms with van der Waals surface area (Å²) in [4.78, 5) is 0. The first-order valence-corrected chi connectivity index (χ1v) is 7.34. The molecule has 3 unspecified atom stereocenters. The Bertz CT molecular complexity index is 223. The van der Waals surface area contributed by atoms with Gasteiger partial charge in [0.2, 0.25) is 0 Å². The van der Waals surface area contributed by atoms with E-state index in [-0.39, 0.29) is 5.41 Å². The zero-order valence-electron chi connectivity index (χ0n) is 12.5. The maximum atomic E-state index is 5.78. The third-order valence-corrected chi connectivity index (χ3v) is 4.77. The fraction of sp³-hybridized carbons (Fsp3) is 1.00. The summed E-state index contributed by atoms with van der Waals surface area (Å²) in [5, 5.41) is 3.82. The molecule has 1 saturated carbocycles. The summed E-state index contributed by atoms with van der Waals surface area (Å²) in [6.07, 6.45) is 4.16. The second-order valence-electron chi connectivity index (χ2n) is 6.09. The van der Waals surface area contributed by atoms with Gasteiger partial charge in [0, 0.05) is 24.1 Å². The number of hydrogen-bond acceptors (Lipinski definition) is 2. The van der Waals surface area contributed by atoms with Gasteiger partial charge in [-0.05, 0) is 26.2 Å². The molecule has 0 saturated heterocycles. The highest BCUT2D eigenvalue weighted by atomic mass is 16.5. The molecule has 0 aromatic heterocycles. The van der Waals surface area contributed by atoms with E-state index in [9.17, 15) is 0 Å². The molecule has 0 spiro atoms. The highest BCUT2D eigenvalue weighted by Gasteiger charge is 2.49. The van der Waals surface area contributed by atoms with E-state index in [2.05, 4.69) is 46.9 Å². The summed E-state index contributed by atoms with van der Waals surface area (Å²) in [6, 6.07) is 1.24. The first kappa shape index (κ1) is 15.0. The minimum absolute atomic E-state index is 0.288. The second-order valence-corrected chi connectivity index (χ2v) is 6.09. The lowest BCUT2D eigenvalue weighted by molar-refractivity contribution is -0.117. The topological polar surface area (TPSA) is 21.3 Å². The molecule has 0 aromatic carbocycles. The molecular formula is C15H31NO. The van der Waals surface area contributed by atoms with Crippen LogP contribution >= 0.6 is 0 Å². The van der Waals surface area contributed by atoms with Gasteiger partial charge in [0.05, 0.1) is 6.10 Å². The quantitative estimate of drug-likeness (QED) is 0.735. The first-order chi connectivity index (χ1) is 7.97. The van der Waals surface area contributed by atoms with Crippen LogP contribution in [-0.4, -0.2) is 24.8 Å². The maximum absolute atomic E-state index is 5.78. The lowest BCUT2D eigenvalue weighted by atomic mass is 9.64. The molecule has 17 heavy (non-hydrogen) atoms. The Kier molecular flexibility index (Phi) is 5.46. The maximum Gasteiger partial charge on any atom is 0.0655 e. The average Bonchev–Trinajstić information content (AvgIpc) is 2.29. The highest BCUT2D eigenvalue weighted by Crippen LogP contribution is 2.43. The molecule has 0 amide bonds.